The fourth-order valence-electron chi connectivity index (χ4n) is 2.87. The second-order valence-electron chi connectivity index (χ2n) is 6.57. The summed E-state index contributed by atoms with van der Waals surface area (Å²) < 4.78 is 1.81. The van der Waals surface area contributed by atoms with Crippen LogP contribution in [-0.2, 0) is 22.6 Å². The summed E-state index contributed by atoms with van der Waals surface area (Å²) >= 11 is 0. The van der Waals surface area contributed by atoms with Crippen LogP contribution < -0.4 is 10.6 Å². The first-order valence-corrected chi connectivity index (χ1v) is 9.54. The second-order valence-corrected chi connectivity index (χ2v) is 6.57. The summed E-state index contributed by atoms with van der Waals surface area (Å²) in [7, 11) is 0. The Morgan fingerprint density at radius 3 is 2.62 bits per heavy atom. The number of hydrogen-bond donors (Lipinski definition) is 2. The third kappa shape index (κ3) is 6.17. The van der Waals surface area contributed by atoms with Gasteiger partial charge in [-0.3, -0.25) is 14.3 Å². The van der Waals surface area contributed by atoms with E-state index in [-0.39, 0.29) is 18.4 Å². The lowest BCUT2D eigenvalue weighted by Crippen LogP contribution is -2.31. The molecule has 2 amide bonds. The molecule has 0 aliphatic heterocycles. The first kappa shape index (κ1) is 20.1. The highest BCUT2D eigenvalue weighted by Crippen LogP contribution is 2.15. The molecule has 0 unspecified atom stereocenters. The van der Waals surface area contributed by atoms with Crippen LogP contribution in [-0.4, -0.2) is 28.1 Å². The van der Waals surface area contributed by atoms with Gasteiger partial charge < -0.3 is 10.6 Å². The van der Waals surface area contributed by atoms with Gasteiger partial charge in [0.05, 0.1) is 19.3 Å². The van der Waals surface area contributed by atoms with Crippen molar-refractivity contribution in [3.8, 4) is 0 Å². The van der Waals surface area contributed by atoms with Crippen LogP contribution in [0.15, 0.2) is 73.1 Å². The van der Waals surface area contributed by atoms with Gasteiger partial charge >= 0.3 is 0 Å². The van der Waals surface area contributed by atoms with E-state index in [2.05, 4.69) is 15.7 Å². The Balaban J connectivity index is 1.47. The van der Waals surface area contributed by atoms with Gasteiger partial charge in [-0.15, -0.1) is 0 Å². The molecule has 1 aromatic heterocycles. The number of carbonyl (C=O) groups excluding carboxylic acids is 2. The van der Waals surface area contributed by atoms with Crippen LogP contribution in [0.4, 0.5) is 5.69 Å². The van der Waals surface area contributed by atoms with Gasteiger partial charge in [-0.2, -0.15) is 5.10 Å². The van der Waals surface area contributed by atoms with Crippen LogP contribution in [0.1, 0.15) is 23.6 Å². The molecular weight excluding hydrogens is 364 g/mol. The zero-order valence-electron chi connectivity index (χ0n) is 16.3. The largest absolute Gasteiger partial charge is 0.343 e. The minimum absolute atomic E-state index is 0.0888. The lowest BCUT2D eigenvalue weighted by molar-refractivity contribution is -0.121. The Morgan fingerprint density at radius 2 is 1.83 bits per heavy atom. The fourth-order valence-corrected chi connectivity index (χ4v) is 2.87. The maximum Gasteiger partial charge on any atom is 0.244 e. The summed E-state index contributed by atoms with van der Waals surface area (Å²) in [5.74, 6) is -0.594. The number of anilines is 1. The Morgan fingerprint density at radius 1 is 1.07 bits per heavy atom. The van der Waals surface area contributed by atoms with Gasteiger partial charge in [0, 0.05) is 23.5 Å². The average molecular weight is 388 g/mol. The lowest BCUT2D eigenvalue weighted by atomic mass is 10.1. The second kappa shape index (κ2) is 10.0. The van der Waals surface area contributed by atoms with Crippen molar-refractivity contribution in [2.75, 3.05) is 11.9 Å². The quantitative estimate of drug-likeness (QED) is 0.582. The minimum atomic E-state index is -0.334. The number of nitrogens with one attached hydrogen (secondary N) is 2. The molecule has 3 aromatic rings. The predicted molar refractivity (Wildman–Crippen MR) is 114 cm³/mol. The van der Waals surface area contributed by atoms with E-state index < -0.39 is 0 Å². The molecule has 0 aliphatic carbocycles. The molecule has 2 N–H and O–H groups in total. The molecule has 3 rings (SSSR count). The number of rotatable bonds is 8. The molecular formula is C23H24N4O2. The number of amides is 2. The highest BCUT2D eigenvalue weighted by atomic mass is 16.2. The van der Waals surface area contributed by atoms with Crippen molar-refractivity contribution in [2.24, 2.45) is 0 Å². The van der Waals surface area contributed by atoms with Crippen LogP contribution in [0, 0.1) is 0 Å². The van der Waals surface area contributed by atoms with Crippen molar-refractivity contribution in [1.82, 2.24) is 15.1 Å². The molecule has 0 radical (unpaired) electrons. The van der Waals surface area contributed by atoms with Crippen molar-refractivity contribution in [3.63, 3.8) is 0 Å². The summed E-state index contributed by atoms with van der Waals surface area (Å²) in [4.78, 5) is 24.1. The third-order valence-corrected chi connectivity index (χ3v) is 4.36. The van der Waals surface area contributed by atoms with Crippen LogP contribution >= 0.6 is 0 Å². The zero-order chi connectivity index (χ0) is 20.5. The maximum atomic E-state index is 12.1. The molecule has 0 spiro atoms. The predicted octanol–water partition coefficient (Wildman–Crippen LogP) is 3.26. The van der Waals surface area contributed by atoms with Gasteiger partial charge in [-0.25, -0.2) is 0 Å². The first-order valence-electron chi connectivity index (χ1n) is 9.54. The number of nitrogens with zero attached hydrogens (tertiary/aromatic N) is 2. The monoisotopic (exact) mass is 388 g/mol. The van der Waals surface area contributed by atoms with E-state index in [9.17, 15) is 9.59 Å². The third-order valence-electron chi connectivity index (χ3n) is 4.36. The molecule has 2 aromatic carbocycles. The van der Waals surface area contributed by atoms with Crippen LogP contribution in [0.25, 0.3) is 6.08 Å². The molecule has 0 saturated heterocycles. The molecule has 0 saturated carbocycles. The summed E-state index contributed by atoms with van der Waals surface area (Å²) in [5.41, 5.74) is 3.80. The van der Waals surface area contributed by atoms with E-state index in [0.717, 1.165) is 28.8 Å². The number of benzene rings is 2. The SMILES string of the molecule is CCc1ccccc1NC(=O)CNC(=O)/C=C/c1cnn(Cc2ccccc2)c1. The Bertz CT molecular complexity index is 993. The highest BCUT2D eigenvalue weighted by molar-refractivity contribution is 5.98. The summed E-state index contributed by atoms with van der Waals surface area (Å²) in [6.07, 6.45) is 7.46. The summed E-state index contributed by atoms with van der Waals surface area (Å²) in [6.45, 7) is 2.61. The standard InChI is InChI=1S/C23H24N4O2/c1-2-20-10-6-7-11-21(20)26-23(29)15-24-22(28)13-12-19-14-25-27(17-19)16-18-8-4-3-5-9-18/h3-14,17H,2,15-16H2,1H3,(H,24,28)(H,26,29)/b13-12+. The zero-order valence-corrected chi connectivity index (χ0v) is 16.3. The Hall–Kier alpha value is -3.67. The molecule has 0 aliphatic rings. The Kier molecular flexibility index (Phi) is 6.95. The topological polar surface area (TPSA) is 76.0 Å². The van der Waals surface area contributed by atoms with Crippen molar-refractivity contribution in [2.45, 2.75) is 19.9 Å². The number of carbonyl (C=O) groups is 2. The lowest BCUT2D eigenvalue weighted by Gasteiger charge is -2.09. The molecule has 6 nitrogen and oxygen atoms in total. The van der Waals surface area contributed by atoms with Gasteiger partial charge in [-0.05, 0) is 29.7 Å². The molecule has 1 heterocycles. The van der Waals surface area contributed by atoms with Crippen LogP contribution in [0.5, 0.6) is 0 Å². The van der Waals surface area contributed by atoms with Crippen LogP contribution in [0.3, 0.4) is 0 Å². The number of aromatic nitrogens is 2. The normalized spacial score (nSPS) is 10.8. The van der Waals surface area contributed by atoms with Gasteiger partial charge in [0.2, 0.25) is 11.8 Å². The summed E-state index contributed by atoms with van der Waals surface area (Å²) in [5, 5.41) is 9.71. The van der Waals surface area contributed by atoms with E-state index in [1.54, 1.807) is 12.3 Å². The van der Waals surface area contributed by atoms with Crippen molar-refractivity contribution in [1.29, 1.82) is 0 Å². The van der Waals surface area contributed by atoms with E-state index in [4.69, 9.17) is 0 Å². The van der Waals surface area contributed by atoms with Crippen molar-refractivity contribution >= 4 is 23.6 Å². The number of hydrogen-bond acceptors (Lipinski definition) is 3. The summed E-state index contributed by atoms with van der Waals surface area (Å²) in [6, 6.07) is 17.6. The van der Waals surface area contributed by atoms with Crippen LogP contribution in [0.2, 0.25) is 0 Å². The smallest absolute Gasteiger partial charge is 0.244 e. The van der Waals surface area contributed by atoms with E-state index in [1.807, 2.05) is 72.4 Å². The fraction of sp³-hybridized carbons (Fsp3) is 0.174. The van der Waals surface area contributed by atoms with Crippen molar-refractivity contribution < 1.29 is 9.59 Å². The van der Waals surface area contributed by atoms with E-state index >= 15 is 0 Å². The molecule has 0 atom stereocenters. The van der Waals surface area contributed by atoms with Crippen molar-refractivity contribution in [3.05, 3.63) is 89.8 Å². The average Bonchev–Trinajstić information content (AvgIpc) is 3.19. The molecule has 0 bridgehead atoms. The van der Waals surface area contributed by atoms with Gasteiger partial charge in [0.15, 0.2) is 0 Å². The molecule has 29 heavy (non-hydrogen) atoms. The van der Waals surface area contributed by atoms with E-state index in [0.29, 0.717) is 6.54 Å². The van der Waals surface area contributed by atoms with Gasteiger partial charge in [0.1, 0.15) is 0 Å². The van der Waals surface area contributed by atoms with E-state index in [1.165, 1.54) is 6.08 Å². The Labute approximate surface area is 170 Å². The van der Waals surface area contributed by atoms with Gasteiger partial charge in [-0.1, -0.05) is 55.5 Å². The van der Waals surface area contributed by atoms with Gasteiger partial charge in [0.25, 0.3) is 0 Å². The maximum absolute atomic E-state index is 12.1. The number of para-hydroxylation sites is 1. The highest BCUT2D eigenvalue weighted by Gasteiger charge is 2.06. The first-order chi connectivity index (χ1) is 14.1. The molecule has 148 valence electrons. The number of aryl methyl sites for hydroxylation is 1. The molecule has 6 heteroatoms. The minimum Gasteiger partial charge on any atom is -0.343 e. The molecule has 0 fully saturated rings.